The Bertz CT molecular complexity index is 420. The van der Waals surface area contributed by atoms with Gasteiger partial charge in [-0.15, -0.1) is 0 Å². The highest BCUT2D eigenvalue weighted by Gasteiger charge is 2.59. The zero-order valence-electron chi connectivity index (χ0n) is 14.1. The van der Waals surface area contributed by atoms with Crippen LogP contribution in [0.15, 0.2) is 0 Å². The molecule has 0 aromatic heterocycles. The van der Waals surface area contributed by atoms with Crippen LogP contribution in [0.4, 0.5) is 4.79 Å². The summed E-state index contributed by atoms with van der Waals surface area (Å²) in [4.78, 5) is 12.3. The molecule has 22 heavy (non-hydrogen) atoms. The Hall–Kier alpha value is -0.810. The predicted molar refractivity (Wildman–Crippen MR) is 84.7 cm³/mol. The summed E-state index contributed by atoms with van der Waals surface area (Å²) in [7, 11) is 1.74. The van der Waals surface area contributed by atoms with Gasteiger partial charge in [-0.1, -0.05) is 20.3 Å². The average Bonchev–Trinajstić information content (AvgIpc) is 2.90. The van der Waals surface area contributed by atoms with Gasteiger partial charge in [-0.3, -0.25) is 0 Å². The van der Waals surface area contributed by atoms with Gasteiger partial charge in [0, 0.05) is 44.2 Å². The van der Waals surface area contributed by atoms with E-state index in [1.165, 1.54) is 19.3 Å². The summed E-state index contributed by atoms with van der Waals surface area (Å²) >= 11 is 0. The Morgan fingerprint density at radius 3 is 2.77 bits per heavy atom. The molecule has 3 atom stereocenters. The first-order chi connectivity index (χ1) is 10.5. The van der Waals surface area contributed by atoms with Crippen LogP contribution in [0.1, 0.15) is 46.0 Å². The van der Waals surface area contributed by atoms with E-state index < -0.39 is 0 Å². The number of hydrogen-bond acceptors (Lipinski definition) is 3. The molecular weight excluding hydrogens is 280 g/mol. The SMILES string of the molecule is COCCC1(CNC(=O)N[C@@H]2[C@@H]3CCO[C@H]3C2(C)C)CCC1. The van der Waals surface area contributed by atoms with Crippen molar-refractivity contribution in [3.63, 3.8) is 0 Å². The molecule has 0 aromatic rings. The highest BCUT2D eigenvalue weighted by molar-refractivity contribution is 5.74. The second kappa shape index (κ2) is 6.00. The first-order valence-electron chi connectivity index (χ1n) is 8.63. The Morgan fingerprint density at radius 1 is 1.36 bits per heavy atom. The Morgan fingerprint density at radius 2 is 2.14 bits per heavy atom. The molecule has 2 N–H and O–H groups in total. The van der Waals surface area contributed by atoms with E-state index in [0.717, 1.165) is 32.6 Å². The Labute approximate surface area is 133 Å². The lowest BCUT2D eigenvalue weighted by atomic mass is 9.57. The number of methoxy groups -OCH3 is 1. The summed E-state index contributed by atoms with van der Waals surface area (Å²) in [5.74, 6) is 0.493. The van der Waals surface area contributed by atoms with Crippen LogP contribution in [0.3, 0.4) is 0 Å². The van der Waals surface area contributed by atoms with E-state index in [4.69, 9.17) is 9.47 Å². The molecule has 0 bridgehead atoms. The molecule has 3 rings (SSSR count). The van der Waals surface area contributed by atoms with Crippen molar-refractivity contribution in [1.29, 1.82) is 0 Å². The molecule has 0 aromatic carbocycles. The molecule has 2 aliphatic carbocycles. The first-order valence-corrected chi connectivity index (χ1v) is 8.63. The smallest absolute Gasteiger partial charge is 0.315 e. The monoisotopic (exact) mass is 310 g/mol. The highest BCUT2D eigenvalue weighted by Crippen LogP contribution is 2.52. The van der Waals surface area contributed by atoms with Crippen molar-refractivity contribution in [2.24, 2.45) is 16.7 Å². The minimum absolute atomic E-state index is 0.0212. The Kier molecular flexibility index (Phi) is 4.38. The van der Waals surface area contributed by atoms with E-state index >= 15 is 0 Å². The lowest BCUT2D eigenvalue weighted by molar-refractivity contribution is -0.108. The molecule has 3 fully saturated rings. The molecular formula is C17H30N2O3. The number of urea groups is 1. The third-order valence-electron chi connectivity index (χ3n) is 6.26. The third-order valence-corrected chi connectivity index (χ3v) is 6.26. The first kappa shape index (κ1) is 16.1. The predicted octanol–water partition coefficient (Wildman–Crippen LogP) is 2.31. The molecule has 0 spiro atoms. The molecule has 1 saturated heterocycles. The molecule has 2 saturated carbocycles. The van der Waals surface area contributed by atoms with Gasteiger partial charge in [0.2, 0.25) is 0 Å². The Balaban J connectivity index is 1.47. The normalized spacial score (nSPS) is 34.2. The van der Waals surface area contributed by atoms with Crippen LogP contribution < -0.4 is 10.6 Å². The van der Waals surface area contributed by atoms with Gasteiger partial charge in [-0.2, -0.15) is 0 Å². The van der Waals surface area contributed by atoms with Crippen LogP contribution in [0.25, 0.3) is 0 Å². The summed E-state index contributed by atoms with van der Waals surface area (Å²) in [6.45, 7) is 6.76. The molecule has 2 amide bonds. The molecule has 3 aliphatic rings. The summed E-state index contributed by atoms with van der Waals surface area (Å²) in [6, 6.07) is 0.212. The van der Waals surface area contributed by atoms with Crippen LogP contribution in [0, 0.1) is 16.7 Å². The second-order valence-electron chi connectivity index (χ2n) is 7.97. The summed E-state index contributed by atoms with van der Waals surface area (Å²) in [5, 5.41) is 6.30. The van der Waals surface area contributed by atoms with Gasteiger partial charge in [0.1, 0.15) is 0 Å². The maximum absolute atomic E-state index is 12.3. The average molecular weight is 310 g/mol. The van der Waals surface area contributed by atoms with Gasteiger partial charge < -0.3 is 20.1 Å². The number of hydrogen-bond donors (Lipinski definition) is 2. The van der Waals surface area contributed by atoms with Crippen LogP contribution in [0.2, 0.25) is 0 Å². The van der Waals surface area contributed by atoms with E-state index in [0.29, 0.717) is 12.0 Å². The zero-order valence-corrected chi connectivity index (χ0v) is 14.1. The zero-order chi connectivity index (χ0) is 15.8. The van der Waals surface area contributed by atoms with Crippen LogP contribution in [-0.2, 0) is 9.47 Å². The molecule has 5 nitrogen and oxygen atoms in total. The number of ether oxygens (including phenoxy) is 2. The van der Waals surface area contributed by atoms with Crippen molar-refractivity contribution < 1.29 is 14.3 Å². The molecule has 5 heteroatoms. The van der Waals surface area contributed by atoms with Crippen molar-refractivity contribution >= 4 is 6.03 Å². The van der Waals surface area contributed by atoms with Gasteiger partial charge in [-0.05, 0) is 31.1 Å². The van der Waals surface area contributed by atoms with Crippen LogP contribution in [-0.4, -0.2) is 45.0 Å². The number of fused-ring (bicyclic) bond motifs is 1. The molecule has 0 radical (unpaired) electrons. The minimum Gasteiger partial charge on any atom is -0.385 e. The highest BCUT2D eigenvalue weighted by atomic mass is 16.5. The van der Waals surface area contributed by atoms with Gasteiger partial charge >= 0.3 is 6.03 Å². The quantitative estimate of drug-likeness (QED) is 0.791. The van der Waals surface area contributed by atoms with E-state index in [9.17, 15) is 4.79 Å². The van der Waals surface area contributed by atoms with E-state index in [2.05, 4.69) is 24.5 Å². The molecule has 0 unspecified atom stereocenters. The van der Waals surface area contributed by atoms with E-state index in [-0.39, 0.29) is 22.9 Å². The van der Waals surface area contributed by atoms with Gasteiger partial charge in [0.15, 0.2) is 0 Å². The number of carbonyl (C=O) groups excluding carboxylic acids is 1. The van der Waals surface area contributed by atoms with Crippen molar-refractivity contribution in [1.82, 2.24) is 10.6 Å². The number of carbonyl (C=O) groups is 1. The van der Waals surface area contributed by atoms with Crippen LogP contribution in [0.5, 0.6) is 0 Å². The third kappa shape index (κ3) is 2.73. The number of amides is 2. The van der Waals surface area contributed by atoms with Gasteiger partial charge in [0.25, 0.3) is 0 Å². The number of rotatable bonds is 6. The second-order valence-corrected chi connectivity index (χ2v) is 7.97. The molecule has 126 valence electrons. The van der Waals surface area contributed by atoms with Gasteiger partial charge in [0.05, 0.1) is 6.10 Å². The van der Waals surface area contributed by atoms with Crippen molar-refractivity contribution in [2.45, 2.75) is 58.1 Å². The van der Waals surface area contributed by atoms with E-state index in [1.54, 1.807) is 7.11 Å². The summed E-state index contributed by atoms with van der Waals surface area (Å²) < 4.78 is 11.0. The topological polar surface area (TPSA) is 59.6 Å². The maximum Gasteiger partial charge on any atom is 0.315 e. The van der Waals surface area contributed by atoms with Gasteiger partial charge in [-0.25, -0.2) is 4.79 Å². The lowest BCUT2D eigenvalue weighted by Gasteiger charge is -2.54. The largest absolute Gasteiger partial charge is 0.385 e. The fourth-order valence-corrected chi connectivity index (χ4v) is 4.59. The number of nitrogens with one attached hydrogen (secondary N) is 2. The fraction of sp³-hybridized carbons (Fsp3) is 0.941. The fourth-order valence-electron chi connectivity index (χ4n) is 4.59. The summed E-state index contributed by atoms with van der Waals surface area (Å²) in [6.07, 6.45) is 6.09. The summed E-state index contributed by atoms with van der Waals surface area (Å²) in [5.41, 5.74) is 0.310. The van der Waals surface area contributed by atoms with Crippen LogP contribution >= 0.6 is 0 Å². The standard InChI is InChI=1S/C17H30N2O3/c1-16(2)13(12-5-9-22-14(12)16)19-15(20)18-11-17(6-4-7-17)8-10-21-3/h12-14H,4-11H2,1-3H3,(H2,18,19,20)/t12-,13+,14+/m0/s1. The van der Waals surface area contributed by atoms with Crippen molar-refractivity contribution in [2.75, 3.05) is 26.9 Å². The maximum atomic E-state index is 12.3. The van der Waals surface area contributed by atoms with E-state index in [1.807, 2.05) is 0 Å². The van der Waals surface area contributed by atoms with Crippen molar-refractivity contribution in [3.05, 3.63) is 0 Å². The molecule has 1 heterocycles. The van der Waals surface area contributed by atoms with Crippen molar-refractivity contribution in [3.8, 4) is 0 Å². The lowest BCUT2D eigenvalue weighted by Crippen LogP contribution is -2.68. The molecule has 1 aliphatic heterocycles. The minimum atomic E-state index is -0.0212.